The van der Waals surface area contributed by atoms with E-state index in [1.807, 2.05) is 0 Å². The summed E-state index contributed by atoms with van der Waals surface area (Å²) in [4.78, 5) is 6.27. The molecule has 0 fully saturated rings. The fraction of sp³-hybridized carbons (Fsp3) is 0.158. The molecule has 0 atom stereocenters. The average molecular weight is 677 g/mol. The van der Waals surface area contributed by atoms with Crippen LogP contribution in [0.3, 0.4) is 0 Å². The lowest BCUT2D eigenvalue weighted by atomic mass is 9.86. The summed E-state index contributed by atoms with van der Waals surface area (Å²) in [6, 6.07) is 38.8. The molecule has 0 unspecified atom stereocenters. The number of nitriles is 2. The fourth-order valence-corrected chi connectivity index (χ4v) is 7.46. The zero-order valence-corrected chi connectivity index (χ0v) is 28.8. The predicted molar refractivity (Wildman–Crippen MR) is 201 cm³/mol. The molecule has 0 radical (unpaired) electrons. The van der Waals surface area contributed by atoms with Gasteiger partial charge in [0.2, 0.25) is 0 Å². The minimum atomic E-state index is 0.429. The lowest BCUT2D eigenvalue weighted by Crippen LogP contribution is -1.99. The first-order valence-corrected chi connectivity index (χ1v) is 18.3. The minimum absolute atomic E-state index is 0.429. The van der Waals surface area contributed by atoms with E-state index in [1.165, 1.54) is 0 Å². The van der Waals surface area contributed by atoms with Crippen molar-refractivity contribution < 1.29 is 0 Å². The van der Waals surface area contributed by atoms with Crippen LogP contribution in [0.1, 0.15) is 35.1 Å². The highest BCUT2D eigenvalue weighted by Crippen LogP contribution is 2.40. The Kier molecular flexibility index (Phi) is 14.2. The normalized spacial score (nSPS) is 11.3. The Balaban J connectivity index is 1.89. The van der Waals surface area contributed by atoms with Crippen LogP contribution >= 0.6 is 47.0 Å². The maximum atomic E-state index is 8.98. The van der Waals surface area contributed by atoms with Gasteiger partial charge in [0.05, 0.1) is 12.1 Å². The first-order chi connectivity index (χ1) is 22.4. The van der Waals surface area contributed by atoms with Crippen molar-refractivity contribution in [2.45, 2.75) is 32.4 Å². The Hall–Kier alpha value is -3.60. The van der Waals surface area contributed by atoms with Crippen molar-refractivity contribution in [2.24, 2.45) is 11.5 Å². The molecule has 0 aromatic heterocycles. The van der Waals surface area contributed by atoms with Gasteiger partial charge in [-0.1, -0.05) is 85.2 Å². The molecule has 0 aliphatic rings. The zero-order valence-electron chi connectivity index (χ0n) is 25.6. The fourth-order valence-electron chi connectivity index (χ4n) is 4.57. The smallest absolute Gasteiger partial charge is 0.0630 e. The van der Waals surface area contributed by atoms with Crippen LogP contribution in [0.4, 0.5) is 0 Å². The van der Waals surface area contributed by atoms with Crippen molar-refractivity contribution in [1.82, 2.24) is 0 Å². The molecule has 4 rings (SSSR count). The van der Waals surface area contributed by atoms with Gasteiger partial charge in [-0.25, -0.2) is 0 Å². The zero-order chi connectivity index (χ0) is 32.7. The van der Waals surface area contributed by atoms with Crippen LogP contribution in [0, 0.1) is 22.7 Å². The van der Waals surface area contributed by atoms with Crippen LogP contribution in [0.25, 0.3) is 11.1 Å². The van der Waals surface area contributed by atoms with E-state index in [1.54, 1.807) is 47.0 Å². The first-order valence-electron chi connectivity index (χ1n) is 14.7. The van der Waals surface area contributed by atoms with Crippen molar-refractivity contribution in [2.75, 3.05) is 24.6 Å². The summed E-state index contributed by atoms with van der Waals surface area (Å²) in [5, 5.41) is 18.0. The molecule has 0 bridgehead atoms. The van der Waals surface area contributed by atoms with Crippen LogP contribution in [-0.4, -0.2) is 24.6 Å². The molecule has 0 amide bonds. The van der Waals surface area contributed by atoms with E-state index in [2.05, 4.69) is 122 Å². The van der Waals surface area contributed by atoms with Gasteiger partial charge in [-0.2, -0.15) is 10.5 Å². The molecule has 4 N–H and O–H groups in total. The summed E-state index contributed by atoms with van der Waals surface area (Å²) < 4.78 is 0. The van der Waals surface area contributed by atoms with Gasteiger partial charge in [0.15, 0.2) is 0 Å². The molecule has 0 heterocycles. The molecule has 0 saturated heterocycles. The number of nitrogens with two attached hydrogens (primary N) is 2. The minimum Gasteiger partial charge on any atom is -0.326 e. The number of benzene rings is 4. The van der Waals surface area contributed by atoms with Gasteiger partial charge in [-0.15, -0.1) is 23.5 Å². The largest absolute Gasteiger partial charge is 0.326 e. The molecular formula is C38H36N4S4. The van der Waals surface area contributed by atoms with E-state index < -0.39 is 0 Å². The lowest BCUT2D eigenvalue weighted by Gasteiger charge is -2.19. The van der Waals surface area contributed by atoms with Crippen LogP contribution in [0.15, 0.2) is 140 Å². The van der Waals surface area contributed by atoms with Gasteiger partial charge in [-0.3, -0.25) is 0 Å². The highest BCUT2D eigenvalue weighted by Gasteiger charge is 2.17. The molecule has 4 nitrogen and oxygen atoms in total. The van der Waals surface area contributed by atoms with Crippen molar-refractivity contribution >= 4 is 58.2 Å². The van der Waals surface area contributed by atoms with Gasteiger partial charge >= 0.3 is 0 Å². The highest BCUT2D eigenvalue weighted by atomic mass is 32.2. The molecule has 0 aliphatic heterocycles. The van der Waals surface area contributed by atoms with Crippen LogP contribution in [0.2, 0.25) is 0 Å². The predicted octanol–water partition coefficient (Wildman–Crippen LogP) is 9.83. The summed E-state index contributed by atoms with van der Waals surface area (Å²) in [6.07, 6.45) is 1.03. The second-order valence-electron chi connectivity index (χ2n) is 10.1. The lowest BCUT2D eigenvalue weighted by molar-refractivity contribution is 1.23. The number of rotatable bonds is 16. The van der Waals surface area contributed by atoms with Crippen molar-refractivity contribution in [3.8, 4) is 12.1 Å². The van der Waals surface area contributed by atoms with E-state index in [0.717, 1.165) is 74.3 Å². The molecule has 46 heavy (non-hydrogen) atoms. The molecule has 4 aromatic carbocycles. The second-order valence-corrected chi connectivity index (χ2v) is 14.9. The molecule has 0 saturated carbocycles. The molecular weight excluding hydrogens is 641 g/mol. The second kappa shape index (κ2) is 18.5. The SMILES string of the molecule is C=C(CN)Sc1ccc(/C(=C(/c2ccc(SCCC#N)cc2)c2ccc(SC(=C)CN)cc2)c2ccc(SCCC#N)cc2)cc1. The van der Waals surface area contributed by atoms with Crippen LogP contribution < -0.4 is 11.5 Å². The Morgan fingerprint density at radius 1 is 0.500 bits per heavy atom. The van der Waals surface area contributed by atoms with Gasteiger partial charge in [0.1, 0.15) is 0 Å². The van der Waals surface area contributed by atoms with E-state index in [4.69, 9.17) is 22.0 Å². The number of nitrogens with zero attached hydrogens (tertiary/aromatic N) is 2. The van der Waals surface area contributed by atoms with Gasteiger partial charge in [0.25, 0.3) is 0 Å². The standard InChI is InChI=1S/C38H36N4S4/c1-27(25-41)45-35-17-9-31(10-18-35)37(29-5-13-33(14-6-29)43-23-3-21-39)38(30-7-15-34(16-8-30)44-24-4-22-40)32-11-19-36(20-12-32)46-28(2)26-42/h5-20H,1-4,23-26,41-42H2/b38-37-. The Morgan fingerprint density at radius 3 is 1.04 bits per heavy atom. The number of hydrogen-bond acceptors (Lipinski definition) is 8. The Morgan fingerprint density at radius 2 is 0.783 bits per heavy atom. The molecule has 0 aliphatic carbocycles. The van der Waals surface area contributed by atoms with E-state index in [0.29, 0.717) is 25.9 Å². The van der Waals surface area contributed by atoms with Gasteiger partial charge in [0, 0.05) is 57.0 Å². The van der Waals surface area contributed by atoms with Crippen molar-refractivity contribution in [3.63, 3.8) is 0 Å². The average Bonchev–Trinajstić information content (AvgIpc) is 3.09. The molecule has 4 aromatic rings. The quantitative estimate of drug-likeness (QED) is 0.0687. The monoisotopic (exact) mass is 676 g/mol. The summed E-state index contributed by atoms with van der Waals surface area (Å²) in [5.41, 5.74) is 18.2. The van der Waals surface area contributed by atoms with E-state index >= 15 is 0 Å². The Bertz CT molecular complexity index is 1600. The third kappa shape index (κ3) is 10.2. The molecule has 8 heteroatoms. The van der Waals surface area contributed by atoms with Crippen LogP contribution in [-0.2, 0) is 0 Å². The summed E-state index contributed by atoms with van der Waals surface area (Å²) in [7, 11) is 0. The third-order valence-electron chi connectivity index (χ3n) is 6.77. The highest BCUT2D eigenvalue weighted by molar-refractivity contribution is 8.03. The maximum Gasteiger partial charge on any atom is 0.0630 e. The molecule has 232 valence electrons. The number of hydrogen-bond donors (Lipinski definition) is 2. The van der Waals surface area contributed by atoms with E-state index in [-0.39, 0.29) is 0 Å². The van der Waals surface area contributed by atoms with E-state index in [9.17, 15) is 0 Å². The Labute approximate surface area is 290 Å². The first kappa shape index (κ1) is 35.3. The third-order valence-corrected chi connectivity index (χ3v) is 10.7. The topological polar surface area (TPSA) is 99.6 Å². The van der Waals surface area contributed by atoms with Gasteiger partial charge < -0.3 is 11.5 Å². The summed E-state index contributed by atoms with van der Waals surface area (Å²) in [6.45, 7) is 8.97. The summed E-state index contributed by atoms with van der Waals surface area (Å²) >= 11 is 6.56. The van der Waals surface area contributed by atoms with Crippen molar-refractivity contribution in [3.05, 3.63) is 142 Å². The maximum absolute atomic E-state index is 8.98. The number of thioether (sulfide) groups is 4. The van der Waals surface area contributed by atoms with Gasteiger partial charge in [-0.05, 0) is 91.7 Å². The van der Waals surface area contributed by atoms with Crippen LogP contribution in [0.5, 0.6) is 0 Å². The molecule has 0 spiro atoms. The summed E-state index contributed by atoms with van der Waals surface area (Å²) in [5.74, 6) is 1.52. The van der Waals surface area contributed by atoms with Crippen molar-refractivity contribution in [1.29, 1.82) is 10.5 Å².